The Morgan fingerprint density at radius 2 is 2.04 bits per heavy atom. The van der Waals surface area contributed by atoms with E-state index in [0.717, 1.165) is 18.5 Å². The number of hydrogen-bond acceptors (Lipinski definition) is 5. The molecule has 3 rings (SSSR count). The summed E-state index contributed by atoms with van der Waals surface area (Å²) in [6, 6.07) is 9.24. The van der Waals surface area contributed by atoms with E-state index >= 15 is 0 Å². The van der Waals surface area contributed by atoms with Crippen LogP contribution in [0.1, 0.15) is 31.1 Å². The second-order valence-electron chi connectivity index (χ2n) is 5.33. The van der Waals surface area contributed by atoms with Crippen molar-refractivity contribution in [3.63, 3.8) is 0 Å². The number of fused-ring (bicyclic) bond motifs is 1. The van der Waals surface area contributed by atoms with E-state index < -0.39 is 0 Å². The average molecular weight is 349 g/mol. The van der Waals surface area contributed by atoms with E-state index in [2.05, 4.69) is 17.2 Å². The van der Waals surface area contributed by atoms with Crippen LogP contribution in [0.15, 0.2) is 39.5 Å². The zero-order valence-corrected chi connectivity index (χ0v) is 14.3. The maximum absolute atomic E-state index is 12.1. The first-order chi connectivity index (χ1) is 11.2. The molecule has 120 valence electrons. The maximum atomic E-state index is 12.1. The van der Waals surface area contributed by atoms with Gasteiger partial charge >= 0.3 is 11.6 Å². The number of rotatable bonds is 6. The van der Waals surface area contributed by atoms with E-state index in [9.17, 15) is 4.79 Å². The van der Waals surface area contributed by atoms with Gasteiger partial charge in [-0.1, -0.05) is 31.4 Å². The molecule has 0 bridgehead atoms. The van der Waals surface area contributed by atoms with Crippen molar-refractivity contribution in [2.75, 3.05) is 5.32 Å². The normalized spacial score (nSPS) is 11.0. The van der Waals surface area contributed by atoms with Crippen molar-refractivity contribution in [2.45, 2.75) is 32.6 Å². The standard InChI is InChI=1S/C17H17ClN2O2S/c1-2-3-4-5-13-10-14-15(23-13)20-17(22-16(14)21)19-12-8-6-11(18)7-9-12/h6-10H,2-5H2,1H3,(H,19,20). The summed E-state index contributed by atoms with van der Waals surface area (Å²) in [7, 11) is 0. The number of unbranched alkanes of at least 4 members (excludes halogenated alkanes) is 2. The van der Waals surface area contributed by atoms with Crippen LogP contribution < -0.4 is 10.9 Å². The van der Waals surface area contributed by atoms with Crippen molar-refractivity contribution in [1.82, 2.24) is 4.98 Å². The summed E-state index contributed by atoms with van der Waals surface area (Å²) in [6.07, 6.45) is 4.49. The minimum atomic E-state index is -0.357. The second-order valence-corrected chi connectivity index (χ2v) is 6.88. The highest BCUT2D eigenvalue weighted by Crippen LogP contribution is 2.25. The van der Waals surface area contributed by atoms with E-state index in [4.69, 9.17) is 16.0 Å². The van der Waals surface area contributed by atoms with E-state index in [1.165, 1.54) is 17.7 Å². The van der Waals surface area contributed by atoms with Gasteiger partial charge in [-0.3, -0.25) is 0 Å². The van der Waals surface area contributed by atoms with E-state index in [1.54, 1.807) is 35.6 Å². The molecule has 0 unspecified atom stereocenters. The second kappa shape index (κ2) is 7.15. The Bertz CT molecular complexity index is 855. The predicted octanol–water partition coefficient (Wildman–Crippen LogP) is 5.38. The number of halogens is 1. The molecular weight excluding hydrogens is 332 g/mol. The number of nitrogens with zero attached hydrogens (tertiary/aromatic N) is 1. The molecule has 2 heterocycles. The molecule has 0 aliphatic rings. The highest BCUT2D eigenvalue weighted by atomic mass is 35.5. The molecule has 6 heteroatoms. The molecule has 0 aliphatic heterocycles. The van der Waals surface area contributed by atoms with Gasteiger partial charge in [-0.05, 0) is 43.2 Å². The van der Waals surface area contributed by atoms with Gasteiger partial charge in [0.1, 0.15) is 4.83 Å². The molecule has 0 saturated carbocycles. The highest BCUT2D eigenvalue weighted by Gasteiger charge is 2.11. The molecule has 0 amide bonds. The Morgan fingerprint density at radius 3 is 2.78 bits per heavy atom. The van der Waals surface area contributed by atoms with E-state index in [1.807, 2.05) is 6.07 Å². The van der Waals surface area contributed by atoms with Crippen molar-refractivity contribution in [2.24, 2.45) is 0 Å². The Balaban J connectivity index is 1.84. The average Bonchev–Trinajstić information content (AvgIpc) is 2.93. The lowest BCUT2D eigenvalue weighted by molar-refractivity contribution is 0.522. The van der Waals surface area contributed by atoms with Crippen molar-refractivity contribution in [1.29, 1.82) is 0 Å². The van der Waals surface area contributed by atoms with Gasteiger partial charge in [0.15, 0.2) is 0 Å². The molecular formula is C17H17ClN2O2S. The summed E-state index contributed by atoms with van der Waals surface area (Å²) in [5, 5.41) is 4.20. The van der Waals surface area contributed by atoms with Crippen molar-refractivity contribution in [3.05, 3.63) is 50.7 Å². The van der Waals surface area contributed by atoms with Crippen LogP contribution in [-0.4, -0.2) is 4.98 Å². The minimum Gasteiger partial charge on any atom is -0.388 e. The fraction of sp³-hybridized carbons (Fsp3) is 0.294. The quantitative estimate of drug-likeness (QED) is 0.607. The molecule has 0 fully saturated rings. The molecule has 1 N–H and O–H groups in total. The van der Waals surface area contributed by atoms with Gasteiger partial charge in [-0.2, -0.15) is 4.98 Å². The first-order valence-electron chi connectivity index (χ1n) is 7.62. The molecule has 0 spiro atoms. The Labute approximate surface area is 143 Å². The van der Waals surface area contributed by atoms with Crippen LogP contribution in [0.3, 0.4) is 0 Å². The number of nitrogens with one attached hydrogen (secondary N) is 1. The van der Waals surface area contributed by atoms with Crippen LogP contribution in [0.25, 0.3) is 10.2 Å². The van der Waals surface area contributed by atoms with Crippen molar-refractivity contribution in [3.8, 4) is 0 Å². The van der Waals surface area contributed by atoms with Crippen LogP contribution >= 0.6 is 22.9 Å². The van der Waals surface area contributed by atoms with Gasteiger partial charge in [0.2, 0.25) is 0 Å². The smallest absolute Gasteiger partial charge is 0.349 e. The van der Waals surface area contributed by atoms with Gasteiger partial charge in [-0.15, -0.1) is 11.3 Å². The molecule has 4 nitrogen and oxygen atoms in total. The third kappa shape index (κ3) is 3.92. The third-order valence-electron chi connectivity index (χ3n) is 3.50. The van der Waals surface area contributed by atoms with Crippen LogP contribution in [0, 0.1) is 0 Å². The molecule has 3 aromatic rings. The van der Waals surface area contributed by atoms with Gasteiger partial charge in [-0.25, -0.2) is 4.79 Å². The highest BCUT2D eigenvalue weighted by molar-refractivity contribution is 7.18. The minimum absolute atomic E-state index is 0.201. The topological polar surface area (TPSA) is 55.1 Å². The lowest BCUT2D eigenvalue weighted by atomic mass is 10.2. The van der Waals surface area contributed by atoms with Crippen molar-refractivity contribution >= 4 is 44.9 Å². The zero-order valence-electron chi connectivity index (χ0n) is 12.8. The maximum Gasteiger partial charge on any atom is 0.349 e. The molecule has 0 radical (unpaired) electrons. The Kier molecular flexibility index (Phi) is 4.98. The van der Waals surface area contributed by atoms with E-state index in [0.29, 0.717) is 15.2 Å². The van der Waals surface area contributed by atoms with Crippen LogP contribution in [-0.2, 0) is 6.42 Å². The van der Waals surface area contributed by atoms with Gasteiger partial charge in [0.25, 0.3) is 0 Å². The number of aromatic nitrogens is 1. The summed E-state index contributed by atoms with van der Waals surface area (Å²) in [6.45, 7) is 2.18. The number of hydrogen-bond donors (Lipinski definition) is 1. The summed E-state index contributed by atoms with van der Waals surface area (Å²) >= 11 is 7.41. The Hall–Kier alpha value is -1.85. The summed E-state index contributed by atoms with van der Waals surface area (Å²) < 4.78 is 5.26. The molecule has 0 atom stereocenters. The number of anilines is 2. The van der Waals surface area contributed by atoms with Gasteiger partial charge < -0.3 is 9.73 Å². The molecule has 1 aromatic carbocycles. The number of aryl methyl sites for hydroxylation is 1. The summed E-state index contributed by atoms with van der Waals surface area (Å²) in [4.78, 5) is 18.4. The van der Waals surface area contributed by atoms with Crippen molar-refractivity contribution < 1.29 is 4.42 Å². The number of benzene rings is 1. The Morgan fingerprint density at radius 1 is 1.26 bits per heavy atom. The largest absolute Gasteiger partial charge is 0.388 e. The SMILES string of the molecule is CCCCCc1cc2c(=O)oc(Nc3ccc(Cl)cc3)nc2s1. The fourth-order valence-corrected chi connectivity index (χ4v) is 3.48. The molecule has 0 aliphatic carbocycles. The lowest BCUT2D eigenvalue weighted by Crippen LogP contribution is -2.03. The third-order valence-corrected chi connectivity index (χ3v) is 4.84. The van der Waals surface area contributed by atoms with Gasteiger partial charge in [0.05, 0.1) is 5.39 Å². The van der Waals surface area contributed by atoms with Crippen LogP contribution in [0.5, 0.6) is 0 Å². The fourth-order valence-electron chi connectivity index (χ4n) is 2.30. The van der Waals surface area contributed by atoms with Crippen LogP contribution in [0.4, 0.5) is 11.7 Å². The predicted molar refractivity (Wildman–Crippen MR) is 96.1 cm³/mol. The number of thiophene rings is 1. The lowest BCUT2D eigenvalue weighted by Gasteiger charge is -2.03. The van der Waals surface area contributed by atoms with Crippen LogP contribution in [0.2, 0.25) is 5.02 Å². The molecule has 23 heavy (non-hydrogen) atoms. The first kappa shape index (κ1) is 16.0. The zero-order chi connectivity index (χ0) is 16.2. The molecule has 2 aromatic heterocycles. The first-order valence-corrected chi connectivity index (χ1v) is 8.81. The van der Waals surface area contributed by atoms with Gasteiger partial charge in [0, 0.05) is 15.6 Å². The summed E-state index contributed by atoms with van der Waals surface area (Å²) in [5.41, 5.74) is 0.411. The molecule has 0 saturated heterocycles. The summed E-state index contributed by atoms with van der Waals surface area (Å²) in [5.74, 6) is 0. The monoisotopic (exact) mass is 348 g/mol. The van der Waals surface area contributed by atoms with E-state index in [-0.39, 0.29) is 11.6 Å².